The minimum Gasteiger partial charge on any atom is -0.492 e. The van der Waals surface area contributed by atoms with Gasteiger partial charge in [0.05, 0.1) is 12.2 Å². The Kier molecular flexibility index (Phi) is 6.17. The van der Waals surface area contributed by atoms with Gasteiger partial charge < -0.3 is 19.5 Å². The summed E-state index contributed by atoms with van der Waals surface area (Å²) in [7, 11) is 0. The van der Waals surface area contributed by atoms with E-state index in [1.54, 1.807) is 24.4 Å². The predicted octanol–water partition coefficient (Wildman–Crippen LogP) is 3.97. The number of amides is 1. The second-order valence-corrected chi connectivity index (χ2v) is 8.42. The van der Waals surface area contributed by atoms with Crippen LogP contribution in [-0.2, 0) is 0 Å². The van der Waals surface area contributed by atoms with E-state index in [1.165, 1.54) is 0 Å². The molecule has 1 aromatic heterocycles. The molecule has 3 aromatic rings. The molecule has 8 nitrogen and oxygen atoms in total. The molecule has 2 aliphatic heterocycles. The van der Waals surface area contributed by atoms with Gasteiger partial charge in [0.15, 0.2) is 11.5 Å². The lowest BCUT2D eigenvalue weighted by Gasteiger charge is -2.36. The SMILES string of the molecule is CC(COc1ccccc1)N1CCC(n2nccc2NC(=O)c2ccc3c(c2)OCO3)CC1. The van der Waals surface area contributed by atoms with Crippen molar-refractivity contribution in [3.63, 3.8) is 0 Å². The molecule has 8 heteroatoms. The minimum atomic E-state index is -0.195. The number of piperidine rings is 1. The van der Waals surface area contributed by atoms with Gasteiger partial charge in [0.2, 0.25) is 6.79 Å². The van der Waals surface area contributed by atoms with Crippen LogP contribution in [0.3, 0.4) is 0 Å². The number of carbonyl (C=O) groups is 1. The van der Waals surface area contributed by atoms with Gasteiger partial charge in [-0.25, -0.2) is 4.68 Å². The van der Waals surface area contributed by atoms with E-state index >= 15 is 0 Å². The molecule has 0 radical (unpaired) electrons. The standard InChI is InChI=1S/C25H28N4O4/c1-18(16-31-21-5-3-2-4-6-21)28-13-10-20(11-14-28)29-24(9-12-26-29)27-25(30)19-7-8-22-23(15-19)33-17-32-22/h2-9,12,15,18,20H,10-11,13-14,16-17H2,1H3,(H,27,30). The Bertz CT molecular complexity index is 1090. The zero-order chi connectivity index (χ0) is 22.6. The fourth-order valence-corrected chi connectivity index (χ4v) is 4.34. The van der Waals surface area contributed by atoms with Crippen molar-refractivity contribution in [3.8, 4) is 17.2 Å². The van der Waals surface area contributed by atoms with E-state index in [-0.39, 0.29) is 18.7 Å². The van der Waals surface area contributed by atoms with E-state index in [0.29, 0.717) is 35.5 Å². The van der Waals surface area contributed by atoms with Gasteiger partial charge in [-0.2, -0.15) is 5.10 Å². The van der Waals surface area contributed by atoms with Crippen LogP contribution >= 0.6 is 0 Å². The molecule has 2 aromatic carbocycles. The van der Waals surface area contributed by atoms with Gasteiger partial charge in [-0.15, -0.1) is 0 Å². The Hall–Kier alpha value is -3.52. The summed E-state index contributed by atoms with van der Waals surface area (Å²) in [5.41, 5.74) is 0.522. The summed E-state index contributed by atoms with van der Waals surface area (Å²) in [5.74, 6) is 2.66. The predicted molar refractivity (Wildman–Crippen MR) is 124 cm³/mol. The topological polar surface area (TPSA) is 77.9 Å². The highest BCUT2D eigenvalue weighted by Gasteiger charge is 2.26. The highest BCUT2D eigenvalue weighted by atomic mass is 16.7. The lowest BCUT2D eigenvalue weighted by atomic mass is 10.0. The molecular formula is C25H28N4O4. The van der Waals surface area contributed by atoms with Gasteiger partial charge in [-0.05, 0) is 50.1 Å². The lowest BCUT2D eigenvalue weighted by molar-refractivity contribution is 0.101. The molecule has 0 saturated carbocycles. The molecule has 1 fully saturated rings. The number of carbonyl (C=O) groups excluding carboxylic acids is 1. The maximum Gasteiger partial charge on any atom is 0.256 e. The first-order valence-corrected chi connectivity index (χ1v) is 11.3. The number of nitrogens with one attached hydrogen (secondary N) is 1. The van der Waals surface area contributed by atoms with E-state index in [2.05, 4.69) is 22.2 Å². The number of nitrogens with zero attached hydrogens (tertiary/aromatic N) is 3. The molecule has 1 atom stereocenters. The van der Waals surface area contributed by atoms with Crippen LogP contribution in [-0.4, -0.2) is 53.1 Å². The highest BCUT2D eigenvalue weighted by Crippen LogP contribution is 2.33. The van der Waals surface area contributed by atoms with Crippen molar-refractivity contribution in [1.29, 1.82) is 0 Å². The maximum absolute atomic E-state index is 12.8. The third-order valence-corrected chi connectivity index (χ3v) is 6.25. The van der Waals surface area contributed by atoms with Gasteiger partial charge in [-0.3, -0.25) is 9.69 Å². The first kappa shape index (κ1) is 21.3. The maximum atomic E-state index is 12.8. The van der Waals surface area contributed by atoms with Gasteiger partial charge in [0.1, 0.15) is 18.2 Å². The van der Waals surface area contributed by atoms with E-state index in [0.717, 1.165) is 31.7 Å². The summed E-state index contributed by atoms with van der Waals surface area (Å²) in [4.78, 5) is 15.3. The monoisotopic (exact) mass is 448 g/mol. The van der Waals surface area contributed by atoms with E-state index < -0.39 is 0 Å². The Morgan fingerprint density at radius 3 is 2.73 bits per heavy atom. The van der Waals surface area contributed by atoms with Gasteiger partial charge in [0, 0.05) is 30.8 Å². The number of hydrogen-bond acceptors (Lipinski definition) is 6. The summed E-state index contributed by atoms with van der Waals surface area (Å²) >= 11 is 0. The van der Waals surface area contributed by atoms with Crippen LogP contribution in [0, 0.1) is 0 Å². The summed E-state index contributed by atoms with van der Waals surface area (Å²) in [6.45, 7) is 4.96. The fraction of sp³-hybridized carbons (Fsp3) is 0.360. The number of hydrogen-bond donors (Lipinski definition) is 1. The summed E-state index contributed by atoms with van der Waals surface area (Å²) in [6.07, 6.45) is 3.66. The average molecular weight is 449 g/mol. The van der Waals surface area contributed by atoms with Gasteiger partial charge in [-0.1, -0.05) is 18.2 Å². The average Bonchev–Trinajstić information content (AvgIpc) is 3.52. The molecule has 1 amide bonds. The third kappa shape index (κ3) is 4.80. The van der Waals surface area contributed by atoms with Gasteiger partial charge in [0.25, 0.3) is 5.91 Å². The highest BCUT2D eigenvalue weighted by molar-refractivity contribution is 6.04. The molecule has 2 aliphatic rings. The molecule has 1 saturated heterocycles. The third-order valence-electron chi connectivity index (χ3n) is 6.25. The molecule has 1 N–H and O–H groups in total. The van der Waals surface area contributed by atoms with Gasteiger partial charge >= 0.3 is 0 Å². The van der Waals surface area contributed by atoms with Crippen LogP contribution in [0.25, 0.3) is 0 Å². The number of likely N-dealkylation sites (tertiary alicyclic amines) is 1. The van der Waals surface area contributed by atoms with Crippen LogP contribution in [0.4, 0.5) is 5.82 Å². The van der Waals surface area contributed by atoms with Crippen molar-refractivity contribution in [2.75, 3.05) is 31.8 Å². The Labute approximate surface area is 193 Å². The second kappa shape index (κ2) is 9.54. The van der Waals surface area contributed by atoms with Crippen LogP contribution in [0.15, 0.2) is 60.8 Å². The molecular weight excluding hydrogens is 420 g/mol. The normalized spacial score (nSPS) is 17.0. The number of aromatic nitrogens is 2. The summed E-state index contributed by atoms with van der Waals surface area (Å²) < 4.78 is 18.6. The zero-order valence-corrected chi connectivity index (χ0v) is 18.6. The number of benzene rings is 2. The van der Waals surface area contributed by atoms with Crippen molar-refractivity contribution in [3.05, 3.63) is 66.4 Å². The molecule has 5 rings (SSSR count). The van der Waals surface area contributed by atoms with E-state index in [4.69, 9.17) is 14.2 Å². The zero-order valence-electron chi connectivity index (χ0n) is 18.6. The van der Waals surface area contributed by atoms with E-state index in [1.807, 2.05) is 41.1 Å². The molecule has 3 heterocycles. The first-order chi connectivity index (χ1) is 16.2. The molecule has 172 valence electrons. The molecule has 0 spiro atoms. The molecule has 0 bridgehead atoms. The second-order valence-electron chi connectivity index (χ2n) is 8.42. The van der Waals surface area contributed by atoms with Crippen molar-refractivity contribution >= 4 is 11.7 Å². The number of fused-ring (bicyclic) bond motifs is 1. The van der Waals surface area contributed by atoms with Crippen LogP contribution < -0.4 is 19.5 Å². The van der Waals surface area contributed by atoms with Crippen molar-refractivity contribution < 1.29 is 19.0 Å². The number of rotatable bonds is 7. The Morgan fingerprint density at radius 1 is 1.12 bits per heavy atom. The molecule has 1 unspecified atom stereocenters. The summed E-state index contributed by atoms with van der Waals surface area (Å²) in [6, 6.07) is 17.5. The first-order valence-electron chi connectivity index (χ1n) is 11.3. The summed E-state index contributed by atoms with van der Waals surface area (Å²) in [5, 5.41) is 7.50. The smallest absolute Gasteiger partial charge is 0.256 e. The molecule has 0 aliphatic carbocycles. The molecule has 33 heavy (non-hydrogen) atoms. The van der Waals surface area contributed by atoms with Crippen LogP contribution in [0.5, 0.6) is 17.2 Å². The minimum absolute atomic E-state index is 0.183. The largest absolute Gasteiger partial charge is 0.492 e. The van der Waals surface area contributed by atoms with Crippen molar-refractivity contribution in [1.82, 2.24) is 14.7 Å². The number of para-hydroxylation sites is 1. The van der Waals surface area contributed by atoms with Crippen molar-refractivity contribution in [2.45, 2.75) is 31.8 Å². The Morgan fingerprint density at radius 2 is 1.91 bits per heavy atom. The fourth-order valence-electron chi connectivity index (χ4n) is 4.34. The van der Waals surface area contributed by atoms with Crippen LogP contribution in [0.1, 0.15) is 36.2 Å². The van der Waals surface area contributed by atoms with Crippen molar-refractivity contribution in [2.24, 2.45) is 0 Å². The number of ether oxygens (including phenoxy) is 3. The quantitative estimate of drug-likeness (QED) is 0.589. The number of anilines is 1. The van der Waals surface area contributed by atoms with Crippen LogP contribution in [0.2, 0.25) is 0 Å². The Balaban J connectivity index is 1.16. The lowest BCUT2D eigenvalue weighted by Crippen LogP contribution is -2.43. The van der Waals surface area contributed by atoms with E-state index in [9.17, 15) is 4.79 Å².